The van der Waals surface area contributed by atoms with E-state index in [0.29, 0.717) is 6.54 Å². The lowest BCUT2D eigenvalue weighted by atomic mass is 10.2. The lowest BCUT2D eigenvalue weighted by Gasteiger charge is -2.21. The first-order valence-corrected chi connectivity index (χ1v) is 8.09. The fourth-order valence-electron chi connectivity index (χ4n) is 2.72. The molecule has 0 saturated heterocycles. The van der Waals surface area contributed by atoms with Gasteiger partial charge in [-0.25, -0.2) is 0 Å². The van der Waals surface area contributed by atoms with Crippen LogP contribution in [0.2, 0.25) is 0 Å². The first-order chi connectivity index (χ1) is 10.3. The molecule has 0 amide bonds. The summed E-state index contributed by atoms with van der Waals surface area (Å²) in [5.74, 6) is 3.09. The van der Waals surface area contributed by atoms with Crippen LogP contribution in [0, 0.1) is 0 Å². The molecule has 1 aliphatic rings. The highest BCUT2D eigenvalue weighted by Crippen LogP contribution is 2.14. The van der Waals surface area contributed by atoms with Gasteiger partial charge in [0.25, 0.3) is 0 Å². The molecule has 2 rings (SSSR count). The van der Waals surface area contributed by atoms with E-state index >= 15 is 0 Å². The predicted molar refractivity (Wildman–Crippen MR) is 101 cm³/mol. The molecule has 0 fully saturated rings. The smallest absolute Gasteiger partial charge is 0.193 e. The third-order valence-corrected chi connectivity index (χ3v) is 4.01. The number of halogens is 1. The van der Waals surface area contributed by atoms with Crippen LogP contribution >= 0.6 is 24.0 Å². The quantitative estimate of drug-likeness (QED) is 0.452. The molecule has 0 atom stereocenters. The van der Waals surface area contributed by atoms with E-state index in [4.69, 9.17) is 0 Å². The Bertz CT molecular complexity index is 471. The third kappa shape index (κ3) is 5.10. The number of nitrogens with one attached hydrogen (secondary N) is 1. The number of hydrogen-bond acceptors (Lipinski definition) is 3. The van der Waals surface area contributed by atoms with Crippen LogP contribution in [0.1, 0.15) is 50.7 Å². The average molecular weight is 420 g/mol. The maximum absolute atomic E-state index is 4.34. The van der Waals surface area contributed by atoms with Gasteiger partial charge in [-0.1, -0.05) is 19.8 Å². The fraction of sp³-hybridized carbons (Fsp3) is 0.800. The molecule has 6 nitrogen and oxygen atoms in total. The number of aromatic nitrogens is 3. The molecule has 1 aliphatic heterocycles. The molecule has 0 unspecified atom stereocenters. The van der Waals surface area contributed by atoms with Crippen molar-refractivity contribution < 1.29 is 0 Å². The van der Waals surface area contributed by atoms with Crippen molar-refractivity contribution in [3.05, 3.63) is 11.6 Å². The number of hydrogen-bond donors (Lipinski definition) is 1. The van der Waals surface area contributed by atoms with Gasteiger partial charge in [0.2, 0.25) is 0 Å². The summed E-state index contributed by atoms with van der Waals surface area (Å²) in [5.41, 5.74) is 0. The lowest BCUT2D eigenvalue weighted by Crippen LogP contribution is -2.39. The summed E-state index contributed by atoms with van der Waals surface area (Å²) in [5, 5.41) is 12.1. The molecule has 0 aromatic carbocycles. The van der Waals surface area contributed by atoms with Gasteiger partial charge in [0.05, 0.1) is 6.54 Å². The highest BCUT2D eigenvalue weighted by Gasteiger charge is 2.15. The van der Waals surface area contributed by atoms with Crippen LogP contribution < -0.4 is 5.32 Å². The molecular formula is C15H29IN6. The van der Waals surface area contributed by atoms with Crippen LogP contribution in [0.5, 0.6) is 0 Å². The minimum absolute atomic E-state index is 0. The Balaban J connectivity index is 0.00000242. The monoisotopic (exact) mass is 420 g/mol. The van der Waals surface area contributed by atoms with E-state index in [0.717, 1.165) is 37.1 Å². The van der Waals surface area contributed by atoms with Crippen LogP contribution in [0.25, 0.3) is 0 Å². The van der Waals surface area contributed by atoms with Crippen molar-refractivity contribution in [3.8, 4) is 0 Å². The van der Waals surface area contributed by atoms with Crippen LogP contribution in [-0.2, 0) is 19.5 Å². The van der Waals surface area contributed by atoms with Gasteiger partial charge < -0.3 is 14.8 Å². The predicted octanol–water partition coefficient (Wildman–Crippen LogP) is 2.43. The highest BCUT2D eigenvalue weighted by molar-refractivity contribution is 14.0. The Labute approximate surface area is 150 Å². The van der Waals surface area contributed by atoms with E-state index < -0.39 is 0 Å². The van der Waals surface area contributed by atoms with E-state index in [1.807, 2.05) is 7.05 Å². The summed E-state index contributed by atoms with van der Waals surface area (Å²) in [4.78, 5) is 6.51. The van der Waals surface area contributed by atoms with E-state index in [1.165, 1.54) is 32.1 Å². The molecule has 1 aromatic heterocycles. The molecule has 1 aromatic rings. The Kier molecular flexibility index (Phi) is 8.74. The van der Waals surface area contributed by atoms with Crippen LogP contribution in [0.4, 0.5) is 0 Å². The van der Waals surface area contributed by atoms with Crippen molar-refractivity contribution in [3.63, 3.8) is 0 Å². The zero-order valence-electron chi connectivity index (χ0n) is 14.0. The molecule has 22 heavy (non-hydrogen) atoms. The molecule has 0 spiro atoms. The van der Waals surface area contributed by atoms with Crippen LogP contribution in [-0.4, -0.2) is 46.3 Å². The lowest BCUT2D eigenvalue weighted by molar-refractivity contribution is 0.462. The van der Waals surface area contributed by atoms with Gasteiger partial charge in [-0.15, -0.1) is 34.2 Å². The standard InChI is InChI=1S/C15H28N6.HI/c1-4-5-10-20(3)15(16-2)17-12-14-19-18-13-9-7-6-8-11-21(13)14;/h4-12H2,1-3H3,(H,16,17);1H. The Morgan fingerprint density at radius 2 is 2.14 bits per heavy atom. The largest absolute Gasteiger partial charge is 0.349 e. The second kappa shape index (κ2) is 10.0. The number of nitrogens with zero attached hydrogens (tertiary/aromatic N) is 5. The highest BCUT2D eigenvalue weighted by atomic mass is 127. The van der Waals surface area contributed by atoms with Gasteiger partial charge in [0.15, 0.2) is 11.8 Å². The number of aryl methyl sites for hydroxylation is 1. The maximum atomic E-state index is 4.34. The van der Waals surface area contributed by atoms with Crippen molar-refractivity contribution >= 4 is 29.9 Å². The number of rotatable bonds is 5. The molecule has 0 bridgehead atoms. The van der Waals surface area contributed by atoms with Gasteiger partial charge in [-0.05, 0) is 19.3 Å². The maximum Gasteiger partial charge on any atom is 0.193 e. The number of fused-ring (bicyclic) bond motifs is 1. The minimum Gasteiger partial charge on any atom is -0.349 e. The molecule has 0 aliphatic carbocycles. The third-order valence-electron chi connectivity index (χ3n) is 4.01. The fourth-order valence-corrected chi connectivity index (χ4v) is 2.72. The molecule has 0 radical (unpaired) electrons. The van der Waals surface area contributed by atoms with E-state index in [2.05, 4.69) is 43.9 Å². The van der Waals surface area contributed by atoms with Crippen molar-refractivity contribution in [2.24, 2.45) is 4.99 Å². The van der Waals surface area contributed by atoms with E-state index in [9.17, 15) is 0 Å². The van der Waals surface area contributed by atoms with E-state index in [-0.39, 0.29) is 24.0 Å². The molecular weight excluding hydrogens is 391 g/mol. The number of guanidine groups is 1. The Morgan fingerprint density at radius 3 is 2.86 bits per heavy atom. The molecule has 126 valence electrons. The van der Waals surface area contributed by atoms with Crippen molar-refractivity contribution in [1.82, 2.24) is 25.0 Å². The summed E-state index contributed by atoms with van der Waals surface area (Å²) in [6.07, 6.45) is 7.17. The summed E-state index contributed by atoms with van der Waals surface area (Å²) in [6, 6.07) is 0. The summed E-state index contributed by atoms with van der Waals surface area (Å²) in [7, 11) is 3.91. The molecule has 0 saturated carbocycles. The van der Waals surface area contributed by atoms with Gasteiger partial charge in [-0.3, -0.25) is 4.99 Å². The first kappa shape index (κ1) is 19.2. The molecule has 1 N–H and O–H groups in total. The summed E-state index contributed by atoms with van der Waals surface area (Å²) >= 11 is 0. The second-order valence-electron chi connectivity index (χ2n) is 5.67. The Morgan fingerprint density at radius 1 is 1.32 bits per heavy atom. The van der Waals surface area contributed by atoms with Gasteiger partial charge in [0.1, 0.15) is 5.82 Å². The SMILES string of the molecule is CCCCN(C)C(=NC)NCc1nnc2n1CCCCC2.I. The Hall–Kier alpha value is -0.860. The molecule has 7 heteroatoms. The summed E-state index contributed by atoms with van der Waals surface area (Å²) in [6.45, 7) is 4.96. The minimum atomic E-state index is 0. The topological polar surface area (TPSA) is 58.3 Å². The number of unbranched alkanes of at least 4 members (excludes halogenated alkanes) is 1. The first-order valence-electron chi connectivity index (χ1n) is 8.09. The van der Waals surface area contributed by atoms with Crippen molar-refractivity contribution in [1.29, 1.82) is 0 Å². The zero-order chi connectivity index (χ0) is 15.1. The summed E-state index contributed by atoms with van der Waals surface area (Å²) < 4.78 is 2.28. The van der Waals surface area contributed by atoms with Crippen molar-refractivity contribution in [2.75, 3.05) is 20.6 Å². The zero-order valence-corrected chi connectivity index (χ0v) is 16.3. The average Bonchev–Trinajstić information content (AvgIpc) is 2.73. The van der Waals surface area contributed by atoms with Crippen LogP contribution in [0.3, 0.4) is 0 Å². The van der Waals surface area contributed by atoms with Crippen molar-refractivity contribution in [2.45, 2.75) is 58.5 Å². The van der Waals surface area contributed by atoms with Gasteiger partial charge in [0, 0.05) is 33.6 Å². The van der Waals surface area contributed by atoms with Crippen LogP contribution in [0.15, 0.2) is 4.99 Å². The second-order valence-corrected chi connectivity index (χ2v) is 5.67. The van der Waals surface area contributed by atoms with Gasteiger partial charge >= 0.3 is 0 Å². The number of aliphatic imine (C=N–C) groups is 1. The van der Waals surface area contributed by atoms with Gasteiger partial charge in [-0.2, -0.15) is 0 Å². The van der Waals surface area contributed by atoms with E-state index in [1.54, 1.807) is 0 Å². The normalized spacial score (nSPS) is 14.8. The molecule has 2 heterocycles.